The zero-order valence-electron chi connectivity index (χ0n) is 18.3. The Morgan fingerprint density at radius 1 is 1.07 bits per heavy atom. The summed E-state index contributed by atoms with van der Waals surface area (Å²) in [5.74, 6) is 0.893. The van der Waals surface area contributed by atoms with Crippen LogP contribution in [-0.2, 0) is 22.7 Å². The fourth-order valence-corrected chi connectivity index (χ4v) is 3.83. The van der Waals surface area contributed by atoms with Crippen LogP contribution in [0.3, 0.4) is 0 Å². The molecule has 5 heteroatoms. The van der Waals surface area contributed by atoms with Crippen molar-refractivity contribution in [2.24, 2.45) is 5.92 Å². The number of nitrogens with zero attached hydrogens (tertiary/aromatic N) is 2. The van der Waals surface area contributed by atoms with Crippen molar-refractivity contribution >= 4 is 11.8 Å². The zero-order chi connectivity index (χ0) is 21.3. The third-order valence-electron chi connectivity index (χ3n) is 5.82. The molecule has 3 rings (SSSR count). The fraction of sp³-hybridized carbons (Fsp3) is 0.520. The first kappa shape index (κ1) is 22.1. The molecule has 30 heavy (non-hydrogen) atoms. The molecule has 1 heterocycles. The van der Waals surface area contributed by atoms with Crippen molar-refractivity contribution in [2.45, 2.75) is 71.5 Å². The highest BCUT2D eigenvalue weighted by atomic mass is 16.3. The molecule has 0 aliphatic heterocycles. The molecule has 5 nitrogen and oxygen atoms in total. The van der Waals surface area contributed by atoms with Crippen LogP contribution in [0.2, 0.25) is 0 Å². The molecule has 1 atom stereocenters. The summed E-state index contributed by atoms with van der Waals surface area (Å²) >= 11 is 0. The minimum atomic E-state index is -0.0270. The van der Waals surface area contributed by atoms with Crippen LogP contribution < -0.4 is 0 Å². The molecule has 1 aliphatic carbocycles. The number of benzene rings is 1. The molecule has 0 N–H and O–H groups in total. The highest BCUT2D eigenvalue weighted by Gasteiger charge is 2.37. The second kappa shape index (κ2) is 11.0. The van der Waals surface area contributed by atoms with Gasteiger partial charge in [-0.2, -0.15) is 0 Å². The molecule has 1 fully saturated rings. The standard InChI is InChI=1S/C25H34N2O3/c1-3-5-12-21(4-2)25(29)27(22-14-15-22)19-24(28)26(18-23-13-9-16-30-23)17-20-10-7-6-8-11-20/h6-11,13,16,21-22H,3-5,12,14-15,17-19H2,1-2H3. The van der Waals surface area contributed by atoms with Gasteiger partial charge < -0.3 is 14.2 Å². The number of carbonyl (C=O) groups is 2. The molecule has 2 amide bonds. The molecular weight excluding hydrogens is 376 g/mol. The van der Waals surface area contributed by atoms with Gasteiger partial charge in [0.15, 0.2) is 0 Å². The molecule has 0 spiro atoms. The molecule has 2 aromatic rings. The maximum absolute atomic E-state index is 13.3. The van der Waals surface area contributed by atoms with E-state index in [-0.39, 0.29) is 30.3 Å². The van der Waals surface area contributed by atoms with Crippen LogP contribution in [0.25, 0.3) is 0 Å². The predicted octanol–water partition coefficient (Wildman–Crippen LogP) is 5.02. The summed E-state index contributed by atoms with van der Waals surface area (Å²) in [4.78, 5) is 30.2. The SMILES string of the molecule is CCCCC(CC)C(=O)N(CC(=O)N(Cc1ccccc1)Cc1ccco1)C1CC1. The summed E-state index contributed by atoms with van der Waals surface area (Å²) < 4.78 is 5.49. The van der Waals surface area contributed by atoms with Gasteiger partial charge in [0.05, 0.1) is 12.8 Å². The van der Waals surface area contributed by atoms with Crippen LogP contribution >= 0.6 is 0 Å². The second-order valence-electron chi connectivity index (χ2n) is 8.26. The van der Waals surface area contributed by atoms with Crippen LogP contribution in [0, 0.1) is 5.92 Å². The minimum Gasteiger partial charge on any atom is -0.467 e. The number of rotatable bonds is 12. The van der Waals surface area contributed by atoms with Gasteiger partial charge in [0.2, 0.25) is 11.8 Å². The van der Waals surface area contributed by atoms with Crippen LogP contribution in [0.1, 0.15) is 63.7 Å². The third kappa shape index (κ3) is 6.22. The van der Waals surface area contributed by atoms with E-state index in [2.05, 4.69) is 13.8 Å². The molecule has 1 aliphatic rings. The minimum absolute atomic E-state index is 0.0194. The Bertz CT molecular complexity index is 784. The lowest BCUT2D eigenvalue weighted by molar-refractivity contribution is -0.144. The molecule has 0 saturated heterocycles. The topological polar surface area (TPSA) is 53.8 Å². The summed E-state index contributed by atoms with van der Waals surface area (Å²) in [6.07, 6.45) is 7.50. The summed E-state index contributed by atoms with van der Waals surface area (Å²) in [5, 5.41) is 0. The summed E-state index contributed by atoms with van der Waals surface area (Å²) in [6, 6.07) is 13.9. The highest BCUT2D eigenvalue weighted by molar-refractivity contribution is 5.86. The highest BCUT2D eigenvalue weighted by Crippen LogP contribution is 2.30. The van der Waals surface area contributed by atoms with Gasteiger partial charge in [0.1, 0.15) is 12.3 Å². The van der Waals surface area contributed by atoms with Gasteiger partial charge in [-0.05, 0) is 43.4 Å². The number of amides is 2. The van der Waals surface area contributed by atoms with Gasteiger partial charge in [-0.3, -0.25) is 9.59 Å². The van der Waals surface area contributed by atoms with E-state index in [1.807, 2.05) is 47.4 Å². The number of furan rings is 1. The largest absolute Gasteiger partial charge is 0.467 e. The normalized spacial score (nSPS) is 14.3. The van der Waals surface area contributed by atoms with Crippen LogP contribution in [0.15, 0.2) is 53.1 Å². The lowest BCUT2D eigenvalue weighted by Crippen LogP contribution is -2.45. The van der Waals surface area contributed by atoms with Gasteiger partial charge in [-0.15, -0.1) is 0 Å². The Kier molecular flexibility index (Phi) is 8.12. The quantitative estimate of drug-likeness (QED) is 0.494. The Hall–Kier alpha value is -2.56. The van der Waals surface area contributed by atoms with E-state index in [4.69, 9.17) is 4.42 Å². The first-order valence-corrected chi connectivity index (χ1v) is 11.3. The van der Waals surface area contributed by atoms with Gasteiger partial charge in [-0.1, -0.05) is 57.0 Å². The van der Waals surface area contributed by atoms with Crippen molar-refractivity contribution in [1.82, 2.24) is 9.80 Å². The first-order chi connectivity index (χ1) is 14.6. The van der Waals surface area contributed by atoms with Crippen molar-refractivity contribution in [3.63, 3.8) is 0 Å². The Morgan fingerprint density at radius 2 is 1.83 bits per heavy atom. The number of hydrogen-bond donors (Lipinski definition) is 0. The maximum atomic E-state index is 13.3. The molecule has 0 bridgehead atoms. The van der Waals surface area contributed by atoms with Gasteiger partial charge in [0, 0.05) is 18.5 Å². The fourth-order valence-electron chi connectivity index (χ4n) is 3.83. The van der Waals surface area contributed by atoms with E-state index < -0.39 is 0 Å². The van der Waals surface area contributed by atoms with E-state index in [9.17, 15) is 9.59 Å². The molecular formula is C25H34N2O3. The molecule has 0 radical (unpaired) electrons. The predicted molar refractivity (Wildman–Crippen MR) is 117 cm³/mol. The number of carbonyl (C=O) groups excluding carboxylic acids is 2. The number of hydrogen-bond acceptors (Lipinski definition) is 3. The molecule has 1 aromatic carbocycles. The molecule has 162 valence electrons. The lowest BCUT2D eigenvalue weighted by Gasteiger charge is -2.30. The first-order valence-electron chi connectivity index (χ1n) is 11.3. The Morgan fingerprint density at radius 3 is 2.43 bits per heavy atom. The van der Waals surface area contributed by atoms with Crippen molar-refractivity contribution in [2.75, 3.05) is 6.54 Å². The van der Waals surface area contributed by atoms with Crippen molar-refractivity contribution in [3.05, 3.63) is 60.1 Å². The smallest absolute Gasteiger partial charge is 0.242 e. The van der Waals surface area contributed by atoms with Gasteiger partial charge >= 0.3 is 0 Å². The molecule has 1 saturated carbocycles. The van der Waals surface area contributed by atoms with E-state index in [0.717, 1.165) is 49.8 Å². The lowest BCUT2D eigenvalue weighted by atomic mass is 9.97. The van der Waals surface area contributed by atoms with E-state index in [0.29, 0.717) is 13.1 Å². The van der Waals surface area contributed by atoms with Crippen molar-refractivity contribution in [1.29, 1.82) is 0 Å². The Labute approximate surface area is 180 Å². The average molecular weight is 411 g/mol. The monoisotopic (exact) mass is 410 g/mol. The van der Waals surface area contributed by atoms with Gasteiger partial charge in [-0.25, -0.2) is 0 Å². The summed E-state index contributed by atoms with van der Waals surface area (Å²) in [7, 11) is 0. The number of unbranched alkanes of at least 4 members (excludes halogenated alkanes) is 1. The van der Waals surface area contributed by atoms with E-state index in [1.165, 1.54) is 0 Å². The average Bonchev–Trinajstić information content (AvgIpc) is 3.48. The van der Waals surface area contributed by atoms with Gasteiger partial charge in [0.25, 0.3) is 0 Å². The van der Waals surface area contributed by atoms with E-state index >= 15 is 0 Å². The maximum Gasteiger partial charge on any atom is 0.242 e. The molecule has 1 unspecified atom stereocenters. The summed E-state index contributed by atoms with van der Waals surface area (Å²) in [6.45, 7) is 5.28. The Balaban J connectivity index is 1.72. The summed E-state index contributed by atoms with van der Waals surface area (Å²) in [5.41, 5.74) is 1.07. The third-order valence-corrected chi connectivity index (χ3v) is 5.82. The zero-order valence-corrected chi connectivity index (χ0v) is 18.3. The van der Waals surface area contributed by atoms with E-state index in [1.54, 1.807) is 11.2 Å². The van der Waals surface area contributed by atoms with Crippen LogP contribution in [-0.4, -0.2) is 34.2 Å². The second-order valence-corrected chi connectivity index (χ2v) is 8.26. The molecule has 1 aromatic heterocycles. The van der Waals surface area contributed by atoms with Crippen LogP contribution in [0.4, 0.5) is 0 Å². The van der Waals surface area contributed by atoms with Crippen LogP contribution in [0.5, 0.6) is 0 Å². The van der Waals surface area contributed by atoms with Crippen molar-refractivity contribution < 1.29 is 14.0 Å². The van der Waals surface area contributed by atoms with Crippen molar-refractivity contribution in [3.8, 4) is 0 Å².